The summed E-state index contributed by atoms with van der Waals surface area (Å²) in [5, 5.41) is 11.8. The average Bonchev–Trinajstić information content (AvgIpc) is 2.79. The fourth-order valence-electron chi connectivity index (χ4n) is 3.63. The molecule has 3 heterocycles. The largest absolute Gasteiger partial charge is 0.573 e. The number of rotatable bonds is 5. The summed E-state index contributed by atoms with van der Waals surface area (Å²) in [6.45, 7) is 0.0809. The zero-order valence-corrected chi connectivity index (χ0v) is 17.1. The Kier molecular flexibility index (Phi) is 5.82. The number of carbonyl (C=O) groups is 2. The Hall–Kier alpha value is -4.22. The predicted octanol–water partition coefficient (Wildman–Crippen LogP) is 3.67. The number of aromatic carboxylic acids is 1. The minimum atomic E-state index is -5.09. The van der Waals surface area contributed by atoms with Gasteiger partial charge in [-0.1, -0.05) is 6.07 Å². The third-order valence-corrected chi connectivity index (χ3v) is 5.13. The van der Waals surface area contributed by atoms with Crippen molar-refractivity contribution >= 4 is 11.9 Å². The van der Waals surface area contributed by atoms with Crippen LogP contribution in [0.1, 0.15) is 38.5 Å². The van der Waals surface area contributed by atoms with Gasteiger partial charge in [-0.2, -0.15) is 0 Å². The number of halogens is 4. The molecule has 0 saturated carbocycles. The monoisotopic (exact) mass is 477 g/mol. The molecule has 1 amide bonds. The predicted molar refractivity (Wildman–Crippen MR) is 107 cm³/mol. The van der Waals surface area contributed by atoms with Crippen LogP contribution in [-0.2, 0) is 5.54 Å². The van der Waals surface area contributed by atoms with Gasteiger partial charge in [-0.25, -0.2) is 14.2 Å². The van der Waals surface area contributed by atoms with Crippen molar-refractivity contribution in [1.29, 1.82) is 0 Å². The molecule has 0 bridgehead atoms. The average molecular weight is 477 g/mol. The Morgan fingerprint density at radius 3 is 2.59 bits per heavy atom. The Morgan fingerprint density at radius 1 is 1.15 bits per heavy atom. The van der Waals surface area contributed by atoms with E-state index in [0.717, 1.165) is 24.4 Å². The number of nitrogens with zero attached hydrogens (tertiary/aromatic N) is 2. The number of fused-ring (bicyclic) bond motifs is 1. The standard InChI is InChI=1S/C22H15F4N3O5/c23-14-10-13(4-6-16(14)34-22(24,25)26)21(7-9-33-17-2-1-8-27-18(17)21)29-19(30)12-3-5-15(20(31)32)28-11-12/h1-6,8,10-11H,7,9H2,(H,29,30)(H,31,32). The Bertz CT molecular complexity index is 1250. The van der Waals surface area contributed by atoms with Gasteiger partial charge in [0.25, 0.3) is 5.91 Å². The zero-order chi connectivity index (χ0) is 24.5. The van der Waals surface area contributed by atoms with E-state index < -0.39 is 35.3 Å². The third-order valence-electron chi connectivity index (χ3n) is 5.13. The summed E-state index contributed by atoms with van der Waals surface area (Å²) in [6.07, 6.45) is -2.53. The van der Waals surface area contributed by atoms with Crippen LogP contribution >= 0.6 is 0 Å². The maximum absolute atomic E-state index is 14.6. The van der Waals surface area contributed by atoms with E-state index in [1.54, 1.807) is 12.1 Å². The van der Waals surface area contributed by atoms with Gasteiger partial charge in [0.2, 0.25) is 0 Å². The molecule has 1 atom stereocenters. The molecule has 34 heavy (non-hydrogen) atoms. The first kappa shape index (κ1) is 23.0. The first-order valence-electron chi connectivity index (χ1n) is 9.75. The maximum Gasteiger partial charge on any atom is 0.573 e. The van der Waals surface area contributed by atoms with Gasteiger partial charge in [-0.05, 0) is 42.0 Å². The number of aromatic nitrogens is 2. The normalized spacial score (nSPS) is 17.3. The van der Waals surface area contributed by atoms with Crippen LogP contribution in [0.2, 0.25) is 0 Å². The molecule has 3 aromatic rings. The van der Waals surface area contributed by atoms with Crippen LogP contribution in [0.4, 0.5) is 17.6 Å². The molecule has 0 aliphatic carbocycles. The van der Waals surface area contributed by atoms with Crippen LogP contribution in [-0.4, -0.2) is 39.9 Å². The zero-order valence-electron chi connectivity index (χ0n) is 17.1. The molecular weight excluding hydrogens is 462 g/mol. The van der Waals surface area contributed by atoms with Crippen LogP contribution in [0.3, 0.4) is 0 Å². The van der Waals surface area contributed by atoms with Crippen molar-refractivity contribution in [2.45, 2.75) is 18.3 Å². The third kappa shape index (κ3) is 4.47. The van der Waals surface area contributed by atoms with Gasteiger partial charge in [-0.3, -0.25) is 9.78 Å². The Morgan fingerprint density at radius 2 is 1.94 bits per heavy atom. The van der Waals surface area contributed by atoms with Crippen LogP contribution in [0, 0.1) is 5.82 Å². The number of amides is 1. The molecule has 1 aliphatic rings. The minimum absolute atomic E-state index is 0.00541. The van der Waals surface area contributed by atoms with Crippen molar-refractivity contribution in [2.24, 2.45) is 0 Å². The van der Waals surface area contributed by atoms with E-state index in [1.165, 1.54) is 18.3 Å². The number of carboxylic acid groups (broad SMARTS) is 1. The highest BCUT2D eigenvalue weighted by atomic mass is 19.4. The van der Waals surface area contributed by atoms with Crippen molar-refractivity contribution in [2.75, 3.05) is 6.61 Å². The summed E-state index contributed by atoms with van der Waals surface area (Å²) in [5.74, 6) is -3.99. The molecule has 8 nitrogen and oxygen atoms in total. The molecular formula is C22H15F4N3O5. The molecule has 0 spiro atoms. The number of alkyl halides is 3. The van der Waals surface area contributed by atoms with Crippen molar-refractivity contribution in [3.05, 3.63) is 83.2 Å². The van der Waals surface area contributed by atoms with Gasteiger partial charge in [0.15, 0.2) is 11.6 Å². The quantitative estimate of drug-likeness (QED) is 0.540. The van der Waals surface area contributed by atoms with E-state index in [1.807, 2.05) is 0 Å². The second-order valence-electron chi connectivity index (χ2n) is 7.24. The topological polar surface area (TPSA) is 111 Å². The van der Waals surface area contributed by atoms with E-state index in [9.17, 15) is 27.2 Å². The van der Waals surface area contributed by atoms with Gasteiger partial charge in [0.1, 0.15) is 22.7 Å². The molecule has 176 valence electrons. The Labute approximate surface area is 189 Å². The van der Waals surface area contributed by atoms with Gasteiger partial charge >= 0.3 is 12.3 Å². The lowest BCUT2D eigenvalue weighted by Gasteiger charge is -2.39. The first-order valence-corrected chi connectivity index (χ1v) is 9.75. The SMILES string of the molecule is O=C(NC1(c2ccc(OC(F)(F)F)c(F)c2)CCOc2cccnc21)c1ccc(C(=O)O)nc1. The first-order chi connectivity index (χ1) is 16.1. The van der Waals surface area contributed by atoms with Crippen molar-refractivity contribution in [3.63, 3.8) is 0 Å². The summed E-state index contributed by atoms with van der Waals surface area (Å²) in [6, 6.07) is 8.40. The van der Waals surface area contributed by atoms with Crippen LogP contribution in [0.15, 0.2) is 54.9 Å². The number of hydrogen-bond acceptors (Lipinski definition) is 6. The van der Waals surface area contributed by atoms with Crippen LogP contribution in [0.25, 0.3) is 0 Å². The van der Waals surface area contributed by atoms with E-state index in [-0.39, 0.29) is 35.5 Å². The van der Waals surface area contributed by atoms with E-state index in [2.05, 4.69) is 20.0 Å². The lowest BCUT2D eigenvalue weighted by molar-refractivity contribution is -0.275. The molecule has 1 aliphatic heterocycles. The minimum Gasteiger partial charge on any atom is -0.491 e. The summed E-state index contributed by atoms with van der Waals surface area (Å²) >= 11 is 0. The molecule has 0 saturated heterocycles. The van der Waals surface area contributed by atoms with Gasteiger partial charge in [0, 0.05) is 18.8 Å². The molecule has 0 fully saturated rings. The number of carboxylic acids is 1. The van der Waals surface area contributed by atoms with Crippen LogP contribution in [0.5, 0.6) is 11.5 Å². The van der Waals surface area contributed by atoms with Crippen LogP contribution < -0.4 is 14.8 Å². The highest BCUT2D eigenvalue weighted by Crippen LogP contribution is 2.42. The molecule has 0 radical (unpaired) electrons. The number of hydrogen-bond donors (Lipinski definition) is 2. The molecule has 1 aromatic carbocycles. The highest BCUT2D eigenvalue weighted by molar-refractivity contribution is 5.95. The van der Waals surface area contributed by atoms with Crippen molar-refractivity contribution < 1.29 is 41.7 Å². The molecule has 1 unspecified atom stereocenters. The molecule has 4 rings (SSSR count). The number of carbonyl (C=O) groups excluding carboxylic acids is 1. The summed E-state index contributed by atoms with van der Waals surface area (Å²) in [4.78, 5) is 32.1. The number of benzene rings is 1. The Balaban J connectivity index is 1.78. The van der Waals surface area contributed by atoms with Gasteiger partial charge in [0.05, 0.1) is 12.2 Å². The lowest BCUT2D eigenvalue weighted by Crippen LogP contribution is -2.50. The highest BCUT2D eigenvalue weighted by Gasteiger charge is 2.43. The van der Waals surface area contributed by atoms with Crippen molar-refractivity contribution in [1.82, 2.24) is 15.3 Å². The number of pyridine rings is 2. The molecule has 12 heteroatoms. The second kappa shape index (κ2) is 8.61. The summed E-state index contributed by atoms with van der Waals surface area (Å²) < 4.78 is 61.6. The molecule has 2 aromatic heterocycles. The molecule has 2 N–H and O–H groups in total. The van der Waals surface area contributed by atoms with E-state index in [0.29, 0.717) is 5.75 Å². The summed E-state index contributed by atoms with van der Waals surface area (Å²) in [7, 11) is 0. The smallest absolute Gasteiger partial charge is 0.491 e. The van der Waals surface area contributed by atoms with Crippen molar-refractivity contribution in [3.8, 4) is 11.5 Å². The van der Waals surface area contributed by atoms with Gasteiger partial charge in [-0.15, -0.1) is 13.2 Å². The second-order valence-corrected chi connectivity index (χ2v) is 7.24. The number of ether oxygens (including phenoxy) is 2. The fraction of sp³-hybridized carbons (Fsp3) is 0.182. The summed E-state index contributed by atoms with van der Waals surface area (Å²) in [5.41, 5.74) is -1.42. The lowest BCUT2D eigenvalue weighted by atomic mass is 9.81. The fourth-order valence-corrected chi connectivity index (χ4v) is 3.63. The maximum atomic E-state index is 14.6. The van der Waals surface area contributed by atoms with Gasteiger partial charge < -0.3 is 19.9 Å². The number of nitrogens with one attached hydrogen (secondary N) is 1. The van der Waals surface area contributed by atoms with E-state index >= 15 is 0 Å². The van der Waals surface area contributed by atoms with E-state index in [4.69, 9.17) is 9.84 Å².